The molecule has 1 aromatic heterocycles. The number of nitrogens with zero attached hydrogens (tertiary/aromatic N) is 3. The standard InChI is InChI=1S/C27H26N4O5/c1-2-18-7-3-5-9-22(18)31-26(34)21(25(33)28-27(31)35)15-19-16-30(23-10-6-4-8-20(19)23)17-24(32)29-11-13-36-14-12-29/h3-10,15-16H,2,11-14,17H2,1H3,(H,28,33,35). The molecule has 3 aromatic rings. The van der Waals surface area contributed by atoms with Gasteiger partial charge in [-0.25, -0.2) is 9.69 Å². The first-order chi connectivity index (χ1) is 17.5. The molecule has 2 fully saturated rings. The van der Waals surface area contributed by atoms with Crippen molar-refractivity contribution in [1.82, 2.24) is 14.8 Å². The molecule has 1 N–H and O–H groups in total. The van der Waals surface area contributed by atoms with E-state index < -0.39 is 17.8 Å². The number of ether oxygens (including phenoxy) is 1. The van der Waals surface area contributed by atoms with Crippen LogP contribution in [0.2, 0.25) is 0 Å². The molecule has 2 saturated heterocycles. The maximum Gasteiger partial charge on any atom is 0.335 e. The van der Waals surface area contributed by atoms with Crippen molar-refractivity contribution in [2.75, 3.05) is 31.2 Å². The lowest BCUT2D eigenvalue weighted by molar-refractivity contribution is -0.135. The number of nitrogens with one attached hydrogen (secondary N) is 1. The molecule has 9 nitrogen and oxygen atoms in total. The van der Waals surface area contributed by atoms with Gasteiger partial charge in [-0.2, -0.15) is 0 Å². The molecule has 0 bridgehead atoms. The summed E-state index contributed by atoms with van der Waals surface area (Å²) in [6.07, 6.45) is 3.87. The number of carbonyl (C=O) groups is 4. The Labute approximate surface area is 207 Å². The van der Waals surface area contributed by atoms with E-state index in [-0.39, 0.29) is 18.0 Å². The second kappa shape index (κ2) is 9.79. The number of aryl methyl sites for hydroxylation is 1. The van der Waals surface area contributed by atoms with Crippen molar-refractivity contribution in [3.63, 3.8) is 0 Å². The lowest BCUT2D eigenvalue weighted by Gasteiger charge is -2.27. The molecule has 36 heavy (non-hydrogen) atoms. The van der Waals surface area contributed by atoms with Gasteiger partial charge in [0.05, 0.1) is 18.9 Å². The van der Waals surface area contributed by atoms with Gasteiger partial charge < -0.3 is 14.2 Å². The average Bonchev–Trinajstić information content (AvgIpc) is 3.24. The predicted octanol–water partition coefficient (Wildman–Crippen LogP) is 2.73. The van der Waals surface area contributed by atoms with Crippen LogP contribution in [0.5, 0.6) is 0 Å². The summed E-state index contributed by atoms with van der Waals surface area (Å²) >= 11 is 0. The summed E-state index contributed by atoms with van der Waals surface area (Å²) in [6.45, 7) is 4.18. The van der Waals surface area contributed by atoms with Crippen molar-refractivity contribution < 1.29 is 23.9 Å². The number of fused-ring (bicyclic) bond motifs is 1. The highest BCUT2D eigenvalue weighted by Crippen LogP contribution is 2.28. The molecule has 2 aromatic carbocycles. The van der Waals surface area contributed by atoms with E-state index in [0.717, 1.165) is 21.4 Å². The van der Waals surface area contributed by atoms with E-state index in [9.17, 15) is 19.2 Å². The largest absolute Gasteiger partial charge is 0.378 e. The number of urea groups is 1. The Bertz CT molecular complexity index is 1400. The molecule has 0 unspecified atom stereocenters. The topological polar surface area (TPSA) is 101 Å². The van der Waals surface area contributed by atoms with Crippen molar-refractivity contribution >= 4 is 46.4 Å². The molecule has 5 amide bonds. The number of morpholine rings is 1. The molecule has 5 rings (SSSR count). The highest BCUT2D eigenvalue weighted by molar-refractivity contribution is 6.39. The summed E-state index contributed by atoms with van der Waals surface area (Å²) in [5.41, 5.74) is 2.52. The van der Waals surface area contributed by atoms with E-state index in [1.165, 1.54) is 6.08 Å². The molecule has 0 radical (unpaired) electrons. The summed E-state index contributed by atoms with van der Waals surface area (Å²) in [4.78, 5) is 54.5. The van der Waals surface area contributed by atoms with Gasteiger partial charge in [0.15, 0.2) is 0 Å². The molecule has 9 heteroatoms. The number of rotatable bonds is 5. The lowest BCUT2D eigenvalue weighted by atomic mass is 10.0. The molecule has 2 aliphatic rings. The average molecular weight is 487 g/mol. The van der Waals surface area contributed by atoms with Gasteiger partial charge in [-0.1, -0.05) is 43.3 Å². The van der Waals surface area contributed by atoms with Crippen LogP contribution >= 0.6 is 0 Å². The van der Waals surface area contributed by atoms with E-state index in [2.05, 4.69) is 5.32 Å². The number of aromatic nitrogens is 1. The van der Waals surface area contributed by atoms with Gasteiger partial charge >= 0.3 is 6.03 Å². The van der Waals surface area contributed by atoms with Gasteiger partial charge in [0.25, 0.3) is 11.8 Å². The fourth-order valence-electron chi connectivity index (χ4n) is 4.64. The van der Waals surface area contributed by atoms with Gasteiger partial charge in [0.2, 0.25) is 5.91 Å². The Morgan fingerprint density at radius 1 is 1.03 bits per heavy atom. The van der Waals surface area contributed by atoms with Gasteiger partial charge in [-0.3, -0.25) is 19.7 Å². The number of anilines is 1. The third kappa shape index (κ3) is 4.29. The fourth-order valence-corrected chi connectivity index (χ4v) is 4.64. The van der Waals surface area contributed by atoms with Crippen LogP contribution in [0.4, 0.5) is 10.5 Å². The zero-order chi connectivity index (χ0) is 25.2. The molecule has 0 aliphatic carbocycles. The summed E-state index contributed by atoms with van der Waals surface area (Å²) in [6, 6.07) is 13.8. The first-order valence-electron chi connectivity index (χ1n) is 11.9. The van der Waals surface area contributed by atoms with Crippen molar-refractivity contribution in [2.24, 2.45) is 0 Å². The van der Waals surface area contributed by atoms with Crippen LogP contribution in [0.1, 0.15) is 18.1 Å². The SMILES string of the molecule is CCc1ccccc1N1C(=O)NC(=O)C(=Cc2cn(CC(=O)N3CCOCC3)c3ccccc23)C1=O. The van der Waals surface area contributed by atoms with Gasteiger partial charge in [-0.15, -0.1) is 0 Å². The normalized spacial score (nSPS) is 17.7. The minimum Gasteiger partial charge on any atom is -0.378 e. The molecule has 2 aliphatic heterocycles. The Kier molecular flexibility index (Phi) is 6.39. The summed E-state index contributed by atoms with van der Waals surface area (Å²) in [7, 11) is 0. The van der Waals surface area contributed by atoms with Crippen LogP contribution in [0.3, 0.4) is 0 Å². The number of amides is 5. The number of carbonyl (C=O) groups excluding carboxylic acids is 4. The molecule has 0 atom stereocenters. The molecule has 0 saturated carbocycles. The molecule has 0 spiro atoms. The van der Waals surface area contributed by atoms with Crippen LogP contribution in [-0.2, 0) is 32.1 Å². The molecular formula is C27H26N4O5. The number of para-hydroxylation sites is 2. The van der Waals surface area contributed by atoms with E-state index in [1.807, 2.05) is 47.9 Å². The fraction of sp³-hybridized carbons (Fsp3) is 0.259. The molecule has 184 valence electrons. The number of imide groups is 2. The van der Waals surface area contributed by atoms with E-state index >= 15 is 0 Å². The minimum atomic E-state index is -0.776. The third-order valence-corrected chi connectivity index (χ3v) is 6.50. The van der Waals surface area contributed by atoms with Gasteiger partial charge in [0.1, 0.15) is 12.1 Å². The minimum absolute atomic E-state index is 0.0299. The Morgan fingerprint density at radius 2 is 1.75 bits per heavy atom. The van der Waals surface area contributed by atoms with Gasteiger partial charge in [-0.05, 0) is 30.2 Å². The highest BCUT2D eigenvalue weighted by atomic mass is 16.5. The number of hydrogen-bond donors (Lipinski definition) is 1. The predicted molar refractivity (Wildman–Crippen MR) is 134 cm³/mol. The van der Waals surface area contributed by atoms with Crippen LogP contribution in [0.15, 0.2) is 60.3 Å². The Hall–Kier alpha value is -4.24. The Balaban J connectivity index is 1.52. The van der Waals surface area contributed by atoms with Crippen molar-refractivity contribution in [2.45, 2.75) is 19.9 Å². The van der Waals surface area contributed by atoms with Crippen molar-refractivity contribution in [3.05, 3.63) is 71.4 Å². The van der Waals surface area contributed by atoms with Crippen molar-refractivity contribution in [1.29, 1.82) is 0 Å². The van der Waals surface area contributed by atoms with Crippen LogP contribution in [-0.4, -0.2) is 59.5 Å². The lowest BCUT2D eigenvalue weighted by Crippen LogP contribution is -2.54. The van der Waals surface area contributed by atoms with E-state index in [0.29, 0.717) is 44.0 Å². The van der Waals surface area contributed by atoms with Crippen LogP contribution < -0.4 is 10.2 Å². The number of hydrogen-bond acceptors (Lipinski definition) is 5. The maximum atomic E-state index is 13.4. The second-order valence-electron chi connectivity index (χ2n) is 8.66. The quantitative estimate of drug-likeness (QED) is 0.442. The monoisotopic (exact) mass is 486 g/mol. The first kappa shape index (κ1) is 23.5. The van der Waals surface area contributed by atoms with Crippen LogP contribution in [0, 0.1) is 0 Å². The van der Waals surface area contributed by atoms with Crippen molar-refractivity contribution in [3.8, 4) is 0 Å². The number of benzene rings is 2. The summed E-state index contributed by atoms with van der Waals surface area (Å²) < 4.78 is 7.16. The van der Waals surface area contributed by atoms with Crippen LogP contribution in [0.25, 0.3) is 17.0 Å². The third-order valence-electron chi connectivity index (χ3n) is 6.50. The number of barbiturate groups is 1. The second-order valence-corrected chi connectivity index (χ2v) is 8.66. The zero-order valence-electron chi connectivity index (χ0n) is 19.9. The van der Waals surface area contributed by atoms with E-state index in [1.54, 1.807) is 23.2 Å². The Morgan fingerprint density at radius 3 is 2.53 bits per heavy atom. The smallest absolute Gasteiger partial charge is 0.335 e. The summed E-state index contributed by atoms with van der Waals surface area (Å²) in [5.74, 6) is -1.47. The van der Waals surface area contributed by atoms with E-state index in [4.69, 9.17) is 4.74 Å². The highest BCUT2D eigenvalue weighted by Gasteiger charge is 2.37. The molecule has 3 heterocycles. The summed E-state index contributed by atoms with van der Waals surface area (Å²) in [5, 5.41) is 3.08. The maximum absolute atomic E-state index is 13.4. The van der Waals surface area contributed by atoms with Gasteiger partial charge in [0, 0.05) is 35.8 Å². The molecular weight excluding hydrogens is 460 g/mol. The zero-order valence-corrected chi connectivity index (χ0v) is 19.9. The first-order valence-corrected chi connectivity index (χ1v) is 11.9.